The molecule has 2 aromatic heterocycles. The fraction of sp³-hybridized carbons (Fsp3) is 0.500. The first-order valence-electron chi connectivity index (χ1n) is 13.5. The number of rotatable bonds is 2. The minimum Gasteiger partial charge on any atom is -0.378 e. The zero-order chi connectivity index (χ0) is 26.7. The van der Waals surface area contributed by atoms with Crippen LogP contribution in [0.4, 0.5) is 18.0 Å². The molecule has 3 atom stereocenters. The van der Waals surface area contributed by atoms with Gasteiger partial charge in [-0.15, -0.1) is 0 Å². The SMILES string of the molecule is O=C(N1CCc2cc(-c3cnc4[nH]cc(C(F)(F)F)c4c3)cc([C@@H]3COCCN3)c2C1)N1CC2CCC1CO2. The molecule has 0 aliphatic carbocycles. The van der Waals surface area contributed by atoms with Crippen LogP contribution in [0.3, 0.4) is 0 Å². The number of morpholine rings is 2. The number of benzene rings is 1. The summed E-state index contributed by atoms with van der Waals surface area (Å²) in [6.45, 7) is 4.14. The van der Waals surface area contributed by atoms with Crippen molar-refractivity contribution in [1.29, 1.82) is 0 Å². The van der Waals surface area contributed by atoms with E-state index in [9.17, 15) is 18.0 Å². The van der Waals surface area contributed by atoms with Crippen molar-refractivity contribution in [3.63, 3.8) is 0 Å². The molecule has 5 aliphatic heterocycles. The molecule has 39 heavy (non-hydrogen) atoms. The van der Waals surface area contributed by atoms with Gasteiger partial charge in [-0.05, 0) is 53.6 Å². The molecule has 2 N–H and O–H groups in total. The summed E-state index contributed by atoms with van der Waals surface area (Å²) in [5.41, 5.74) is 4.13. The Kier molecular flexibility index (Phi) is 6.05. The number of aromatic nitrogens is 2. The van der Waals surface area contributed by atoms with E-state index in [1.54, 1.807) is 12.3 Å². The maximum absolute atomic E-state index is 13.6. The molecular weight excluding hydrogens is 511 g/mol. The van der Waals surface area contributed by atoms with E-state index in [1.165, 1.54) is 0 Å². The second kappa shape index (κ2) is 9.50. The summed E-state index contributed by atoms with van der Waals surface area (Å²) < 4.78 is 52.3. The molecule has 5 aliphatic rings. The Balaban J connectivity index is 1.25. The van der Waals surface area contributed by atoms with E-state index < -0.39 is 11.7 Å². The molecule has 4 saturated heterocycles. The molecular formula is C28H30F3N5O3. The van der Waals surface area contributed by atoms with E-state index in [2.05, 4.69) is 15.3 Å². The highest BCUT2D eigenvalue weighted by Gasteiger charge is 2.40. The predicted molar refractivity (Wildman–Crippen MR) is 137 cm³/mol. The van der Waals surface area contributed by atoms with E-state index >= 15 is 0 Å². The summed E-state index contributed by atoms with van der Waals surface area (Å²) >= 11 is 0. The van der Waals surface area contributed by atoms with Crippen LogP contribution in [0, 0.1) is 0 Å². The van der Waals surface area contributed by atoms with Crippen LogP contribution in [-0.2, 0) is 28.6 Å². The quantitative estimate of drug-likeness (QED) is 0.507. The van der Waals surface area contributed by atoms with Crippen LogP contribution < -0.4 is 5.32 Å². The largest absolute Gasteiger partial charge is 0.418 e. The number of alkyl halides is 3. The first-order chi connectivity index (χ1) is 18.8. The van der Waals surface area contributed by atoms with Crippen LogP contribution in [0.1, 0.15) is 41.1 Å². The molecule has 8 rings (SSSR count). The number of H-pyrrole nitrogens is 1. The summed E-state index contributed by atoms with van der Waals surface area (Å²) in [5, 5.41) is 3.57. The Morgan fingerprint density at radius 1 is 1.13 bits per heavy atom. The fourth-order valence-electron chi connectivity index (χ4n) is 6.47. The number of halogens is 3. The first kappa shape index (κ1) is 24.9. The van der Waals surface area contributed by atoms with E-state index in [1.807, 2.05) is 21.9 Å². The van der Waals surface area contributed by atoms with Gasteiger partial charge in [0, 0.05) is 49.5 Å². The smallest absolute Gasteiger partial charge is 0.378 e. The molecule has 0 saturated carbocycles. The Labute approximate surface area is 223 Å². The predicted octanol–water partition coefficient (Wildman–Crippen LogP) is 4.25. The lowest BCUT2D eigenvalue weighted by Gasteiger charge is -2.47. The Bertz CT molecular complexity index is 1410. The Hall–Kier alpha value is -3.15. The molecule has 206 valence electrons. The van der Waals surface area contributed by atoms with Crippen molar-refractivity contribution >= 4 is 17.1 Å². The highest BCUT2D eigenvalue weighted by atomic mass is 19.4. The molecule has 4 fully saturated rings. The maximum Gasteiger partial charge on any atom is 0.418 e. The molecule has 0 radical (unpaired) electrons. The zero-order valence-corrected chi connectivity index (χ0v) is 21.4. The number of amides is 2. The van der Waals surface area contributed by atoms with E-state index in [0.717, 1.165) is 41.3 Å². The molecule has 3 aromatic rings. The van der Waals surface area contributed by atoms with E-state index in [0.29, 0.717) is 58.0 Å². The second-order valence-corrected chi connectivity index (χ2v) is 10.9. The summed E-state index contributed by atoms with van der Waals surface area (Å²) in [5.74, 6) is 0. The number of urea groups is 1. The number of nitrogens with zero attached hydrogens (tertiary/aromatic N) is 3. The van der Waals surface area contributed by atoms with Gasteiger partial charge in [-0.3, -0.25) is 0 Å². The molecule has 0 spiro atoms. The topological polar surface area (TPSA) is 82.7 Å². The minimum atomic E-state index is -4.47. The van der Waals surface area contributed by atoms with Crippen molar-refractivity contribution in [2.75, 3.05) is 39.5 Å². The Morgan fingerprint density at radius 3 is 2.74 bits per heavy atom. The standard InChI is InChI=1S/C28H30F3N5O3/c29-28(30,31)24-11-34-26-22(24)9-18(10-33-26)17-7-16-3-5-35(27(37)36-12-20-2-1-19(36)14-39-20)13-23(16)21(8-17)25-15-38-6-4-32-25/h7-11,19-20,25,32H,1-6,12-15H2,(H,33,34)/t19?,20?,25-/m0/s1. The molecule has 11 heteroatoms. The molecule has 2 unspecified atom stereocenters. The number of ether oxygens (including phenoxy) is 2. The summed E-state index contributed by atoms with van der Waals surface area (Å²) in [4.78, 5) is 24.4. The lowest BCUT2D eigenvalue weighted by Crippen LogP contribution is -2.60. The number of aromatic amines is 1. The van der Waals surface area contributed by atoms with Crippen LogP contribution >= 0.6 is 0 Å². The van der Waals surface area contributed by atoms with Gasteiger partial charge in [0.2, 0.25) is 0 Å². The van der Waals surface area contributed by atoms with Gasteiger partial charge in [0.1, 0.15) is 5.65 Å². The van der Waals surface area contributed by atoms with Gasteiger partial charge in [0.15, 0.2) is 0 Å². The normalized spacial score (nSPS) is 25.3. The van der Waals surface area contributed by atoms with Crippen molar-refractivity contribution in [3.05, 3.63) is 52.8 Å². The lowest BCUT2D eigenvalue weighted by atomic mass is 9.87. The van der Waals surface area contributed by atoms with Crippen molar-refractivity contribution in [2.24, 2.45) is 0 Å². The third kappa shape index (κ3) is 4.46. The number of carbonyl (C=O) groups excluding carboxylic acids is 1. The first-order valence-corrected chi connectivity index (χ1v) is 13.5. The number of piperidine rings is 1. The highest BCUT2D eigenvalue weighted by molar-refractivity contribution is 5.85. The average molecular weight is 542 g/mol. The van der Waals surface area contributed by atoms with Crippen molar-refractivity contribution in [3.8, 4) is 11.1 Å². The molecule has 7 heterocycles. The number of nitrogens with one attached hydrogen (secondary N) is 2. The lowest BCUT2D eigenvalue weighted by molar-refractivity contribution is -0.136. The van der Waals surface area contributed by atoms with Crippen LogP contribution in [0.25, 0.3) is 22.2 Å². The van der Waals surface area contributed by atoms with Gasteiger partial charge in [-0.1, -0.05) is 6.07 Å². The van der Waals surface area contributed by atoms with Gasteiger partial charge in [-0.25, -0.2) is 9.78 Å². The third-order valence-corrected chi connectivity index (χ3v) is 8.55. The summed E-state index contributed by atoms with van der Waals surface area (Å²) in [6.07, 6.45) is 0.887. The highest BCUT2D eigenvalue weighted by Crippen LogP contribution is 2.38. The third-order valence-electron chi connectivity index (χ3n) is 8.55. The van der Waals surface area contributed by atoms with Gasteiger partial charge >= 0.3 is 12.2 Å². The average Bonchev–Trinajstić information content (AvgIpc) is 3.41. The maximum atomic E-state index is 13.6. The van der Waals surface area contributed by atoms with Crippen LogP contribution in [0.15, 0.2) is 30.6 Å². The molecule has 1 aromatic carbocycles. The molecule has 8 nitrogen and oxygen atoms in total. The van der Waals surface area contributed by atoms with Gasteiger partial charge in [0.05, 0.1) is 43.6 Å². The van der Waals surface area contributed by atoms with Crippen LogP contribution in [0.5, 0.6) is 0 Å². The van der Waals surface area contributed by atoms with Crippen molar-refractivity contribution in [2.45, 2.75) is 50.2 Å². The number of carbonyl (C=O) groups is 1. The van der Waals surface area contributed by atoms with Crippen LogP contribution in [0.2, 0.25) is 0 Å². The zero-order valence-electron chi connectivity index (χ0n) is 21.4. The van der Waals surface area contributed by atoms with Gasteiger partial charge in [-0.2, -0.15) is 13.2 Å². The fourth-order valence-corrected chi connectivity index (χ4v) is 6.47. The van der Waals surface area contributed by atoms with E-state index in [-0.39, 0.29) is 35.3 Å². The number of hydrogen-bond acceptors (Lipinski definition) is 5. The van der Waals surface area contributed by atoms with Gasteiger partial charge < -0.3 is 29.6 Å². The summed E-state index contributed by atoms with van der Waals surface area (Å²) in [6, 6.07) is 5.75. The molecule has 2 bridgehead atoms. The molecule has 2 amide bonds. The van der Waals surface area contributed by atoms with Gasteiger partial charge in [0.25, 0.3) is 0 Å². The number of fused-ring (bicyclic) bond motifs is 5. The van der Waals surface area contributed by atoms with Crippen molar-refractivity contribution < 1.29 is 27.4 Å². The van der Waals surface area contributed by atoms with Crippen LogP contribution in [-0.4, -0.2) is 77.4 Å². The monoisotopic (exact) mass is 541 g/mol. The second-order valence-electron chi connectivity index (χ2n) is 10.9. The van der Waals surface area contributed by atoms with Crippen molar-refractivity contribution in [1.82, 2.24) is 25.1 Å². The number of pyridine rings is 1. The Morgan fingerprint density at radius 2 is 2.03 bits per heavy atom. The number of hydrogen-bond donors (Lipinski definition) is 2. The minimum absolute atomic E-state index is 0.0509. The van der Waals surface area contributed by atoms with E-state index in [4.69, 9.17) is 9.47 Å². The summed E-state index contributed by atoms with van der Waals surface area (Å²) in [7, 11) is 0.